The highest BCUT2D eigenvalue weighted by Gasteiger charge is 2.57. The van der Waals surface area contributed by atoms with Gasteiger partial charge in [-0.1, -0.05) is 117 Å². The highest BCUT2D eigenvalue weighted by molar-refractivity contribution is 9.10. The molecule has 4 N–H and O–H groups in total. The van der Waals surface area contributed by atoms with Crippen LogP contribution in [0.4, 0.5) is 0 Å². The SMILES string of the molecule is CCCCCCc1ccc2c(c1)c1cc(CCCCCC)ccc1n2CCCc1c(C(=O)O)c2c3c(c4cccc5cccc(c3c1Br)c54)C(Br)(C(=O)O)C(C(=O)O)C=2C(=O)O. The summed E-state index contributed by atoms with van der Waals surface area (Å²) in [6, 6.07) is 24.3. The van der Waals surface area contributed by atoms with Crippen molar-refractivity contribution in [3.63, 3.8) is 0 Å². The number of carbonyl (C=O) groups is 4. The van der Waals surface area contributed by atoms with Crippen LogP contribution in [0.15, 0.2) is 77.3 Å². The zero-order chi connectivity index (χ0) is 44.0. The van der Waals surface area contributed by atoms with Crippen LogP contribution in [-0.4, -0.2) is 48.9 Å². The number of aryl methyl sites for hydroxylation is 3. The quantitative estimate of drug-likeness (QED) is 0.0287. The molecule has 0 radical (unpaired) electrons. The Bertz CT molecular complexity index is 2970. The lowest BCUT2D eigenvalue weighted by Gasteiger charge is -2.37. The molecule has 0 spiro atoms. The minimum Gasteiger partial charge on any atom is -0.481 e. The Hall–Kier alpha value is -5.26. The summed E-state index contributed by atoms with van der Waals surface area (Å²) in [5, 5.41) is 48.7. The molecule has 62 heavy (non-hydrogen) atoms. The van der Waals surface area contributed by atoms with E-state index in [9.17, 15) is 39.6 Å². The average molecular weight is 964 g/mol. The van der Waals surface area contributed by atoms with Crippen molar-refractivity contribution in [3.8, 4) is 0 Å². The standard InChI is InChI=1S/C51H49Br2NO8/c1-3-5-7-9-14-28-21-23-36-34(26-28)35-27-29(15-10-8-6-4-2)22-24-37(35)54(36)25-13-20-33-40(47(55)56)41-42-39(46(33)52)31-18-11-16-30-17-12-19-32(38(30)31)44(42)51(53,50(61)62)45(49(59)60)43(41)48(57)58/h11-12,16-19,21-24,26-27,45H,3-10,13-15,20,25H2,1-2H3,(H,55,56)(H,57,58)(H,59,60)(H,61,62). The fourth-order valence-corrected chi connectivity index (χ4v) is 11.8. The van der Waals surface area contributed by atoms with Crippen molar-refractivity contribution in [2.45, 2.75) is 102 Å². The van der Waals surface area contributed by atoms with Gasteiger partial charge in [-0.25, -0.2) is 9.59 Å². The number of aliphatic carboxylic acids is 3. The first-order valence-electron chi connectivity index (χ1n) is 21.7. The summed E-state index contributed by atoms with van der Waals surface area (Å²) >= 11 is 7.11. The van der Waals surface area contributed by atoms with E-state index in [1.807, 2.05) is 24.3 Å². The lowest BCUT2D eigenvalue weighted by atomic mass is 9.70. The molecule has 2 unspecified atom stereocenters. The number of carboxylic acids is 4. The number of fused-ring (bicyclic) bond motifs is 5. The molecule has 2 atom stereocenters. The Morgan fingerprint density at radius 1 is 0.645 bits per heavy atom. The number of unbranched alkanes of at least 4 members (excludes halogenated alkanes) is 6. The molecule has 0 bridgehead atoms. The molecule has 320 valence electrons. The molecule has 8 rings (SSSR count). The Kier molecular flexibility index (Phi) is 12.2. The van der Waals surface area contributed by atoms with Crippen LogP contribution in [0.25, 0.3) is 59.7 Å². The van der Waals surface area contributed by atoms with Crippen molar-refractivity contribution in [1.82, 2.24) is 4.57 Å². The van der Waals surface area contributed by atoms with Gasteiger partial charge in [-0.15, -0.1) is 0 Å². The minimum atomic E-state index is -2.46. The molecular formula is C51H49Br2NO8. The van der Waals surface area contributed by atoms with Gasteiger partial charge >= 0.3 is 23.9 Å². The van der Waals surface area contributed by atoms with Gasteiger partial charge < -0.3 is 25.0 Å². The molecule has 1 aliphatic rings. The van der Waals surface area contributed by atoms with Gasteiger partial charge in [0.05, 0.1) is 11.1 Å². The number of aromatic carboxylic acids is 1. The van der Waals surface area contributed by atoms with E-state index in [2.05, 4.69) is 86.7 Å². The molecule has 0 saturated carbocycles. The van der Waals surface area contributed by atoms with Crippen LogP contribution in [0.2, 0.25) is 0 Å². The Morgan fingerprint density at radius 3 is 1.74 bits per heavy atom. The van der Waals surface area contributed by atoms with Crippen molar-refractivity contribution in [2.75, 3.05) is 0 Å². The van der Waals surface area contributed by atoms with Gasteiger partial charge in [0, 0.05) is 43.4 Å². The maximum Gasteiger partial charge on any atom is 0.336 e. The van der Waals surface area contributed by atoms with Crippen LogP contribution < -0.4 is 5.22 Å². The van der Waals surface area contributed by atoms with E-state index in [4.69, 9.17) is 0 Å². The van der Waals surface area contributed by atoms with Crippen LogP contribution in [0.5, 0.6) is 0 Å². The topological polar surface area (TPSA) is 154 Å². The van der Waals surface area contributed by atoms with Crippen LogP contribution in [-0.2, 0) is 44.5 Å². The van der Waals surface area contributed by atoms with E-state index < -0.39 is 39.7 Å². The first kappa shape index (κ1) is 43.4. The van der Waals surface area contributed by atoms with Crippen LogP contribution in [0.1, 0.15) is 104 Å². The lowest BCUT2D eigenvalue weighted by Crippen LogP contribution is -2.49. The van der Waals surface area contributed by atoms with Crippen LogP contribution in [0.3, 0.4) is 0 Å². The number of halogens is 2. The summed E-state index contributed by atoms with van der Waals surface area (Å²) in [7, 11) is 0. The third kappa shape index (κ3) is 7.15. The second kappa shape index (κ2) is 17.5. The summed E-state index contributed by atoms with van der Waals surface area (Å²) < 4.78 is 0.219. The van der Waals surface area contributed by atoms with Crippen LogP contribution in [0, 0.1) is 5.92 Å². The number of aromatic nitrogens is 1. The van der Waals surface area contributed by atoms with Gasteiger partial charge in [0.15, 0.2) is 4.32 Å². The summed E-state index contributed by atoms with van der Waals surface area (Å²) in [4.78, 5) is 53.7. The van der Waals surface area contributed by atoms with Crippen molar-refractivity contribution in [1.29, 1.82) is 0 Å². The zero-order valence-corrected chi connectivity index (χ0v) is 38.0. The van der Waals surface area contributed by atoms with Crippen molar-refractivity contribution >= 4 is 115 Å². The fourth-order valence-electron chi connectivity index (χ4n) is 10.2. The van der Waals surface area contributed by atoms with Gasteiger partial charge in [0.2, 0.25) is 0 Å². The molecule has 0 saturated heterocycles. The molecule has 1 heterocycles. The van der Waals surface area contributed by atoms with Gasteiger partial charge in [-0.05, 0) is 128 Å². The third-order valence-corrected chi connectivity index (χ3v) is 15.1. The Balaban J connectivity index is 1.32. The number of nitrogens with zero attached hydrogens (tertiary/aromatic N) is 1. The highest BCUT2D eigenvalue weighted by atomic mass is 79.9. The first-order valence-corrected chi connectivity index (χ1v) is 23.2. The van der Waals surface area contributed by atoms with E-state index in [1.54, 1.807) is 12.1 Å². The lowest BCUT2D eigenvalue weighted by molar-refractivity contribution is -0.150. The van der Waals surface area contributed by atoms with Crippen molar-refractivity contribution in [3.05, 3.63) is 110 Å². The van der Waals surface area contributed by atoms with Gasteiger partial charge in [-0.2, -0.15) is 0 Å². The molecule has 1 aromatic heterocycles. The molecule has 6 aromatic carbocycles. The number of hydrogen-bond donors (Lipinski definition) is 4. The molecule has 0 aliphatic heterocycles. The smallest absolute Gasteiger partial charge is 0.336 e. The minimum absolute atomic E-state index is 0.00574. The second-order valence-electron chi connectivity index (χ2n) is 16.8. The average Bonchev–Trinajstić information content (AvgIpc) is 3.55. The Labute approximate surface area is 375 Å². The molecule has 1 aliphatic carbocycles. The number of rotatable bonds is 18. The molecule has 0 amide bonds. The summed E-state index contributed by atoms with van der Waals surface area (Å²) in [5.74, 6) is -8.66. The summed E-state index contributed by atoms with van der Waals surface area (Å²) in [5.41, 5.74) is 3.92. The van der Waals surface area contributed by atoms with E-state index in [1.165, 1.54) is 60.4 Å². The van der Waals surface area contributed by atoms with E-state index in [0.717, 1.165) is 42.1 Å². The van der Waals surface area contributed by atoms with Gasteiger partial charge in [-0.3, -0.25) is 9.59 Å². The number of carboxylic acid groups (broad SMARTS) is 4. The van der Waals surface area contributed by atoms with Crippen molar-refractivity contribution in [2.24, 2.45) is 5.92 Å². The van der Waals surface area contributed by atoms with E-state index >= 15 is 0 Å². The van der Waals surface area contributed by atoms with Crippen molar-refractivity contribution < 1.29 is 39.6 Å². The first-order chi connectivity index (χ1) is 29.8. The Morgan fingerprint density at radius 2 is 1.23 bits per heavy atom. The summed E-state index contributed by atoms with van der Waals surface area (Å²) in [6.07, 6.45) is 12.1. The fraction of sp³-hybridized carbons (Fsp3) is 0.333. The predicted octanol–water partition coefficient (Wildman–Crippen LogP) is 11.9. The predicted molar refractivity (Wildman–Crippen MR) is 253 cm³/mol. The third-order valence-electron chi connectivity index (χ3n) is 13.0. The number of benzene rings is 6. The maximum atomic E-state index is 13.7. The number of hydrogen-bond acceptors (Lipinski definition) is 4. The van der Waals surface area contributed by atoms with Crippen LogP contribution >= 0.6 is 31.9 Å². The monoisotopic (exact) mass is 961 g/mol. The van der Waals surface area contributed by atoms with Gasteiger partial charge in [0.1, 0.15) is 5.92 Å². The summed E-state index contributed by atoms with van der Waals surface area (Å²) in [6.45, 7) is 4.94. The number of alkyl halides is 1. The largest absolute Gasteiger partial charge is 0.481 e. The zero-order valence-electron chi connectivity index (χ0n) is 34.8. The molecular weight excluding hydrogens is 914 g/mol. The molecule has 11 heteroatoms. The van der Waals surface area contributed by atoms with E-state index in [0.29, 0.717) is 44.5 Å². The van der Waals surface area contributed by atoms with E-state index in [-0.39, 0.29) is 28.2 Å². The van der Waals surface area contributed by atoms with Gasteiger partial charge in [0.25, 0.3) is 0 Å². The molecule has 7 aromatic rings. The second-order valence-corrected chi connectivity index (χ2v) is 18.8. The molecule has 9 nitrogen and oxygen atoms in total. The highest BCUT2D eigenvalue weighted by Crippen LogP contribution is 2.54. The normalized spacial score (nSPS) is 16.3. The maximum absolute atomic E-state index is 13.7. The molecule has 0 fully saturated rings.